The van der Waals surface area contributed by atoms with E-state index >= 15 is 0 Å². The Balaban J connectivity index is 2.24. The molecule has 98 valence electrons. The molecule has 0 fully saturated rings. The number of hydrogen-bond acceptors (Lipinski definition) is 4. The number of carbonyl (C=O) groups is 1. The molecule has 0 saturated heterocycles. The van der Waals surface area contributed by atoms with Crippen LogP contribution in [0.1, 0.15) is 31.9 Å². The third-order valence-corrected chi connectivity index (χ3v) is 2.96. The van der Waals surface area contributed by atoms with Gasteiger partial charge in [0.1, 0.15) is 11.5 Å². The lowest BCUT2D eigenvalue weighted by molar-refractivity contribution is -0.152. The minimum Gasteiger partial charge on any atom is -0.493 e. The molecule has 5 nitrogen and oxygen atoms in total. The molecule has 1 heterocycles. The Kier molecular flexibility index (Phi) is 3.17. The van der Waals surface area contributed by atoms with E-state index in [1.165, 1.54) is 13.8 Å². The number of nitrogens with two attached hydrogens (primary N) is 1. The second-order valence-corrected chi connectivity index (χ2v) is 4.86. The first kappa shape index (κ1) is 12.7. The summed E-state index contributed by atoms with van der Waals surface area (Å²) in [5.74, 6) is 0.125. The van der Waals surface area contributed by atoms with Gasteiger partial charge >= 0.3 is 5.97 Å². The average Bonchev–Trinajstić information content (AvgIpc) is 2.28. The number of carboxylic acids is 1. The van der Waals surface area contributed by atoms with E-state index in [9.17, 15) is 4.79 Å². The van der Waals surface area contributed by atoms with Crippen LogP contribution in [0, 0.1) is 0 Å². The predicted molar refractivity (Wildman–Crippen MR) is 65.8 cm³/mol. The fraction of sp³-hybridized carbons (Fsp3) is 0.462. The quantitative estimate of drug-likeness (QED) is 0.854. The molecule has 0 aliphatic carbocycles. The fourth-order valence-electron chi connectivity index (χ4n) is 1.80. The second kappa shape index (κ2) is 4.49. The zero-order valence-corrected chi connectivity index (χ0v) is 10.5. The van der Waals surface area contributed by atoms with Crippen LogP contribution in [0.4, 0.5) is 0 Å². The minimum absolute atomic E-state index is 0.0321. The first-order valence-electron chi connectivity index (χ1n) is 5.85. The summed E-state index contributed by atoms with van der Waals surface area (Å²) in [6.45, 7) is 3.57. The first-order valence-corrected chi connectivity index (χ1v) is 5.85. The standard InChI is InChI=1S/C13H17NO4/c1-13(2,12(15)16)18-8-3-4-9-10(14)5-6-17-11(9)7-8/h3-4,7,10H,5-6,14H2,1-2H3,(H,15,16). The molecule has 0 bridgehead atoms. The largest absolute Gasteiger partial charge is 0.493 e. The second-order valence-electron chi connectivity index (χ2n) is 4.86. The Morgan fingerprint density at radius 2 is 2.28 bits per heavy atom. The van der Waals surface area contributed by atoms with Gasteiger partial charge in [-0.1, -0.05) is 6.07 Å². The van der Waals surface area contributed by atoms with E-state index in [-0.39, 0.29) is 6.04 Å². The summed E-state index contributed by atoms with van der Waals surface area (Å²) in [6, 6.07) is 5.21. The van der Waals surface area contributed by atoms with Gasteiger partial charge in [0.25, 0.3) is 0 Å². The third kappa shape index (κ3) is 2.41. The van der Waals surface area contributed by atoms with Crippen molar-refractivity contribution in [2.24, 2.45) is 5.73 Å². The number of carboxylic acid groups (broad SMARTS) is 1. The van der Waals surface area contributed by atoms with Crippen molar-refractivity contribution in [2.45, 2.75) is 31.9 Å². The Bertz CT molecular complexity index is 470. The molecule has 1 aromatic carbocycles. The number of benzene rings is 1. The van der Waals surface area contributed by atoms with Crippen LogP contribution in [0.3, 0.4) is 0 Å². The van der Waals surface area contributed by atoms with Gasteiger partial charge in [0, 0.05) is 24.1 Å². The minimum atomic E-state index is -1.27. The molecule has 5 heteroatoms. The highest BCUT2D eigenvalue weighted by atomic mass is 16.5. The molecule has 1 aliphatic rings. The van der Waals surface area contributed by atoms with Crippen molar-refractivity contribution < 1.29 is 19.4 Å². The maximum absolute atomic E-state index is 11.0. The Labute approximate surface area is 106 Å². The zero-order valence-electron chi connectivity index (χ0n) is 10.5. The first-order chi connectivity index (χ1) is 8.40. The van der Waals surface area contributed by atoms with E-state index in [1.807, 2.05) is 6.07 Å². The van der Waals surface area contributed by atoms with Crippen molar-refractivity contribution in [3.05, 3.63) is 23.8 Å². The molecule has 1 atom stereocenters. The van der Waals surface area contributed by atoms with Crippen molar-refractivity contribution >= 4 is 5.97 Å². The molecular formula is C13H17NO4. The highest BCUT2D eigenvalue weighted by Crippen LogP contribution is 2.34. The molecular weight excluding hydrogens is 234 g/mol. The average molecular weight is 251 g/mol. The van der Waals surface area contributed by atoms with Crippen molar-refractivity contribution in [2.75, 3.05) is 6.61 Å². The van der Waals surface area contributed by atoms with Crippen LogP contribution in [0.25, 0.3) is 0 Å². The van der Waals surface area contributed by atoms with Crippen LogP contribution < -0.4 is 15.2 Å². The third-order valence-electron chi connectivity index (χ3n) is 2.96. The lowest BCUT2D eigenvalue weighted by Crippen LogP contribution is -2.37. The van der Waals surface area contributed by atoms with Crippen LogP contribution in [0.2, 0.25) is 0 Å². The molecule has 1 unspecified atom stereocenters. The molecule has 2 rings (SSSR count). The van der Waals surface area contributed by atoms with Crippen LogP contribution >= 0.6 is 0 Å². The summed E-state index contributed by atoms with van der Waals surface area (Å²) in [7, 11) is 0. The number of hydrogen-bond donors (Lipinski definition) is 2. The van der Waals surface area contributed by atoms with Gasteiger partial charge in [0.2, 0.25) is 0 Å². The molecule has 0 saturated carbocycles. The summed E-state index contributed by atoms with van der Waals surface area (Å²) in [4.78, 5) is 11.0. The van der Waals surface area contributed by atoms with E-state index in [0.29, 0.717) is 18.1 Å². The van der Waals surface area contributed by atoms with E-state index in [1.54, 1.807) is 12.1 Å². The lowest BCUT2D eigenvalue weighted by atomic mass is 10.0. The van der Waals surface area contributed by atoms with Gasteiger partial charge in [-0.05, 0) is 19.9 Å². The maximum atomic E-state index is 11.0. The molecule has 0 spiro atoms. The Morgan fingerprint density at radius 1 is 1.56 bits per heavy atom. The SMILES string of the molecule is CC(C)(Oc1ccc2c(c1)OCCC2N)C(=O)O. The van der Waals surface area contributed by atoms with Gasteiger partial charge in [-0.15, -0.1) is 0 Å². The van der Waals surface area contributed by atoms with Crippen molar-refractivity contribution in [1.29, 1.82) is 0 Å². The van der Waals surface area contributed by atoms with Crippen LogP contribution in [-0.4, -0.2) is 23.3 Å². The van der Waals surface area contributed by atoms with E-state index in [2.05, 4.69) is 0 Å². The van der Waals surface area contributed by atoms with Crippen molar-refractivity contribution in [1.82, 2.24) is 0 Å². The summed E-state index contributed by atoms with van der Waals surface area (Å²) >= 11 is 0. The normalized spacial score (nSPS) is 18.7. The number of rotatable bonds is 3. The van der Waals surface area contributed by atoms with Crippen LogP contribution in [0.15, 0.2) is 18.2 Å². The van der Waals surface area contributed by atoms with Gasteiger partial charge in [0.15, 0.2) is 5.60 Å². The molecule has 0 aromatic heterocycles. The van der Waals surface area contributed by atoms with Gasteiger partial charge in [0.05, 0.1) is 6.61 Å². The summed E-state index contributed by atoms with van der Waals surface area (Å²) < 4.78 is 10.9. The van der Waals surface area contributed by atoms with E-state index in [0.717, 1.165) is 12.0 Å². The Morgan fingerprint density at radius 3 is 2.94 bits per heavy atom. The monoisotopic (exact) mass is 251 g/mol. The van der Waals surface area contributed by atoms with Crippen molar-refractivity contribution in [3.8, 4) is 11.5 Å². The summed E-state index contributed by atoms with van der Waals surface area (Å²) in [5, 5.41) is 9.01. The van der Waals surface area contributed by atoms with E-state index < -0.39 is 11.6 Å². The van der Waals surface area contributed by atoms with Gasteiger partial charge < -0.3 is 20.3 Å². The number of aliphatic carboxylic acids is 1. The smallest absolute Gasteiger partial charge is 0.347 e. The predicted octanol–water partition coefficient (Wildman–Crippen LogP) is 1.71. The molecule has 1 aliphatic heterocycles. The summed E-state index contributed by atoms with van der Waals surface area (Å²) in [5.41, 5.74) is 5.62. The fourth-order valence-corrected chi connectivity index (χ4v) is 1.80. The topological polar surface area (TPSA) is 81.8 Å². The van der Waals surface area contributed by atoms with Crippen LogP contribution in [-0.2, 0) is 4.79 Å². The number of ether oxygens (including phenoxy) is 2. The number of fused-ring (bicyclic) bond motifs is 1. The maximum Gasteiger partial charge on any atom is 0.347 e. The summed E-state index contributed by atoms with van der Waals surface area (Å²) in [6.07, 6.45) is 0.786. The van der Waals surface area contributed by atoms with E-state index in [4.69, 9.17) is 20.3 Å². The molecule has 18 heavy (non-hydrogen) atoms. The van der Waals surface area contributed by atoms with Crippen molar-refractivity contribution in [3.63, 3.8) is 0 Å². The molecule has 3 N–H and O–H groups in total. The van der Waals surface area contributed by atoms with Gasteiger partial charge in [-0.2, -0.15) is 0 Å². The molecule has 0 radical (unpaired) electrons. The zero-order chi connectivity index (χ0) is 13.3. The Hall–Kier alpha value is -1.75. The van der Waals surface area contributed by atoms with Crippen LogP contribution in [0.5, 0.6) is 11.5 Å². The van der Waals surface area contributed by atoms with Gasteiger partial charge in [-0.3, -0.25) is 0 Å². The van der Waals surface area contributed by atoms with Gasteiger partial charge in [-0.25, -0.2) is 4.79 Å². The molecule has 0 amide bonds. The molecule has 1 aromatic rings. The highest BCUT2D eigenvalue weighted by Gasteiger charge is 2.30. The highest BCUT2D eigenvalue weighted by molar-refractivity contribution is 5.76. The lowest BCUT2D eigenvalue weighted by Gasteiger charge is -2.25.